The zero-order chi connectivity index (χ0) is 30.8. The summed E-state index contributed by atoms with van der Waals surface area (Å²) in [6.45, 7) is 1.76. The SMILES string of the molecule is COc1ccc(OC)c(NC(=O)C(C)Sc2cccc(NC(=O)/C(=C/c3ccccc3F)NC(=O)c3ccccc3)c2)c1. The predicted molar refractivity (Wildman–Crippen MR) is 167 cm³/mol. The highest BCUT2D eigenvalue weighted by molar-refractivity contribution is 8.00. The van der Waals surface area contributed by atoms with Crippen molar-refractivity contribution < 1.29 is 28.2 Å². The van der Waals surface area contributed by atoms with Crippen LogP contribution in [-0.4, -0.2) is 37.2 Å². The van der Waals surface area contributed by atoms with Gasteiger partial charge >= 0.3 is 0 Å². The highest BCUT2D eigenvalue weighted by Gasteiger charge is 2.19. The van der Waals surface area contributed by atoms with Gasteiger partial charge in [-0.3, -0.25) is 14.4 Å². The molecule has 3 amide bonds. The number of nitrogens with one attached hydrogen (secondary N) is 3. The van der Waals surface area contributed by atoms with Gasteiger partial charge in [0.1, 0.15) is 23.0 Å². The molecule has 10 heteroatoms. The molecule has 1 atom stereocenters. The normalized spacial score (nSPS) is 11.7. The lowest BCUT2D eigenvalue weighted by Crippen LogP contribution is -2.30. The predicted octanol–water partition coefficient (Wildman–Crippen LogP) is 6.37. The first kappa shape index (κ1) is 30.9. The Morgan fingerprint density at radius 1 is 0.837 bits per heavy atom. The molecule has 0 fully saturated rings. The van der Waals surface area contributed by atoms with Crippen molar-refractivity contribution in [3.8, 4) is 11.5 Å². The molecule has 0 radical (unpaired) electrons. The van der Waals surface area contributed by atoms with Crippen LogP contribution in [0.15, 0.2) is 108 Å². The van der Waals surface area contributed by atoms with Crippen molar-refractivity contribution in [2.45, 2.75) is 17.1 Å². The van der Waals surface area contributed by atoms with Crippen molar-refractivity contribution >= 4 is 46.9 Å². The van der Waals surface area contributed by atoms with Gasteiger partial charge in [-0.25, -0.2) is 4.39 Å². The highest BCUT2D eigenvalue weighted by atomic mass is 32.2. The van der Waals surface area contributed by atoms with Crippen LogP contribution in [0.1, 0.15) is 22.8 Å². The van der Waals surface area contributed by atoms with Crippen LogP contribution in [-0.2, 0) is 9.59 Å². The van der Waals surface area contributed by atoms with Gasteiger partial charge in [-0.2, -0.15) is 0 Å². The van der Waals surface area contributed by atoms with Crippen LogP contribution in [0.5, 0.6) is 11.5 Å². The summed E-state index contributed by atoms with van der Waals surface area (Å²) in [5.74, 6) is -0.901. The van der Waals surface area contributed by atoms with Gasteiger partial charge in [-0.15, -0.1) is 11.8 Å². The molecule has 0 aliphatic rings. The van der Waals surface area contributed by atoms with E-state index >= 15 is 0 Å². The standard InChI is InChI=1S/C33H30FN3O5S/c1-21(31(38)36-28-20-25(41-2)16-17-30(28)42-3)43-26-14-9-13-24(19-26)35-33(40)29(18-23-12-7-8-15-27(23)34)37-32(39)22-10-5-4-6-11-22/h4-21H,1-3H3,(H,35,40)(H,36,38)(H,37,39)/b29-18-. The second-order valence-electron chi connectivity index (χ2n) is 9.20. The number of amides is 3. The van der Waals surface area contributed by atoms with E-state index in [1.165, 1.54) is 50.3 Å². The molecule has 1 unspecified atom stereocenters. The third kappa shape index (κ3) is 8.46. The van der Waals surface area contributed by atoms with Crippen molar-refractivity contribution in [3.05, 3.63) is 120 Å². The number of ether oxygens (including phenoxy) is 2. The topological polar surface area (TPSA) is 106 Å². The number of rotatable bonds is 11. The fraction of sp³-hybridized carbons (Fsp3) is 0.121. The maximum absolute atomic E-state index is 14.4. The van der Waals surface area contributed by atoms with Crippen LogP contribution in [0, 0.1) is 5.82 Å². The van der Waals surface area contributed by atoms with E-state index in [2.05, 4.69) is 16.0 Å². The number of anilines is 2. The lowest BCUT2D eigenvalue weighted by molar-refractivity contribution is -0.115. The van der Waals surface area contributed by atoms with Crippen LogP contribution >= 0.6 is 11.8 Å². The lowest BCUT2D eigenvalue weighted by Gasteiger charge is -2.16. The Morgan fingerprint density at radius 3 is 2.30 bits per heavy atom. The number of thioether (sulfide) groups is 1. The number of halogens is 1. The summed E-state index contributed by atoms with van der Waals surface area (Å²) in [5.41, 5.74) is 1.24. The maximum atomic E-state index is 14.4. The van der Waals surface area contributed by atoms with Gasteiger partial charge in [-0.1, -0.05) is 42.5 Å². The molecular weight excluding hydrogens is 569 g/mol. The summed E-state index contributed by atoms with van der Waals surface area (Å²) in [4.78, 5) is 39.9. The van der Waals surface area contributed by atoms with Crippen LogP contribution < -0.4 is 25.4 Å². The molecule has 0 aliphatic heterocycles. The van der Waals surface area contributed by atoms with Gasteiger partial charge in [0.05, 0.1) is 25.2 Å². The number of benzene rings is 4. The monoisotopic (exact) mass is 599 g/mol. The molecule has 0 bridgehead atoms. The average molecular weight is 600 g/mol. The van der Waals surface area contributed by atoms with E-state index in [9.17, 15) is 18.8 Å². The summed E-state index contributed by atoms with van der Waals surface area (Å²) in [5, 5.41) is 7.71. The quantitative estimate of drug-likeness (QED) is 0.137. The Labute approximate surface area is 253 Å². The second kappa shape index (κ2) is 14.7. The third-order valence-corrected chi connectivity index (χ3v) is 7.27. The van der Waals surface area contributed by atoms with Gasteiger partial charge in [0.2, 0.25) is 5.91 Å². The number of hydrogen-bond acceptors (Lipinski definition) is 6. The fourth-order valence-electron chi connectivity index (χ4n) is 3.94. The Hall–Kier alpha value is -5.09. The van der Waals surface area contributed by atoms with E-state index in [0.717, 1.165) is 0 Å². The van der Waals surface area contributed by atoms with Crippen molar-refractivity contribution in [1.82, 2.24) is 5.32 Å². The van der Waals surface area contributed by atoms with Crippen LogP contribution in [0.3, 0.4) is 0 Å². The molecule has 4 rings (SSSR count). The number of methoxy groups -OCH3 is 2. The van der Waals surface area contributed by atoms with E-state index in [0.29, 0.717) is 33.3 Å². The van der Waals surface area contributed by atoms with Gasteiger partial charge in [-0.05, 0) is 61.5 Å². The molecule has 0 aromatic heterocycles. The zero-order valence-electron chi connectivity index (χ0n) is 23.7. The van der Waals surface area contributed by atoms with Crippen molar-refractivity contribution in [2.24, 2.45) is 0 Å². The van der Waals surface area contributed by atoms with E-state index in [-0.39, 0.29) is 17.2 Å². The zero-order valence-corrected chi connectivity index (χ0v) is 24.5. The Bertz CT molecular complexity index is 1640. The Kier molecular flexibility index (Phi) is 10.5. The summed E-state index contributed by atoms with van der Waals surface area (Å²) in [6.07, 6.45) is 1.28. The van der Waals surface area contributed by atoms with Gasteiger partial charge in [0, 0.05) is 27.8 Å². The smallest absolute Gasteiger partial charge is 0.272 e. The molecule has 4 aromatic rings. The maximum Gasteiger partial charge on any atom is 0.272 e. The van der Waals surface area contributed by atoms with Gasteiger partial charge in [0.25, 0.3) is 11.8 Å². The van der Waals surface area contributed by atoms with E-state index in [4.69, 9.17) is 9.47 Å². The van der Waals surface area contributed by atoms with Crippen molar-refractivity contribution in [1.29, 1.82) is 0 Å². The summed E-state index contributed by atoms with van der Waals surface area (Å²) in [7, 11) is 3.05. The molecule has 0 saturated heterocycles. The molecular formula is C33H30FN3O5S. The van der Waals surface area contributed by atoms with Crippen LogP contribution in [0.2, 0.25) is 0 Å². The Balaban J connectivity index is 1.49. The summed E-state index contributed by atoms with van der Waals surface area (Å²) < 4.78 is 25.0. The minimum absolute atomic E-state index is 0.137. The van der Waals surface area contributed by atoms with Crippen LogP contribution in [0.25, 0.3) is 6.08 Å². The highest BCUT2D eigenvalue weighted by Crippen LogP contribution is 2.31. The Morgan fingerprint density at radius 2 is 1.58 bits per heavy atom. The van der Waals surface area contributed by atoms with Gasteiger partial charge in [0.15, 0.2) is 0 Å². The number of hydrogen-bond donors (Lipinski definition) is 3. The van der Waals surface area contributed by atoms with E-state index < -0.39 is 22.9 Å². The molecule has 220 valence electrons. The number of carbonyl (C=O) groups excluding carboxylic acids is 3. The molecule has 8 nitrogen and oxygen atoms in total. The molecule has 4 aromatic carbocycles. The third-order valence-electron chi connectivity index (χ3n) is 6.17. The second-order valence-corrected chi connectivity index (χ2v) is 10.6. The van der Waals surface area contributed by atoms with E-state index in [1.54, 1.807) is 79.7 Å². The molecule has 0 aliphatic carbocycles. The first-order valence-electron chi connectivity index (χ1n) is 13.2. The molecule has 3 N–H and O–H groups in total. The molecule has 0 saturated carbocycles. The lowest BCUT2D eigenvalue weighted by atomic mass is 10.1. The number of carbonyl (C=O) groups is 3. The van der Waals surface area contributed by atoms with Gasteiger partial charge < -0.3 is 25.4 Å². The minimum atomic E-state index is -0.648. The minimum Gasteiger partial charge on any atom is -0.497 e. The van der Waals surface area contributed by atoms with Crippen molar-refractivity contribution in [2.75, 3.05) is 24.9 Å². The first-order chi connectivity index (χ1) is 20.8. The van der Waals surface area contributed by atoms with E-state index in [1.807, 2.05) is 6.07 Å². The van der Waals surface area contributed by atoms with Crippen molar-refractivity contribution in [3.63, 3.8) is 0 Å². The molecule has 0 heterocycles. The summed E-state index contributed by atoms with van der Waals surface area (Å²) >= 11 is 1.29. The average Bonchev–Trinajstić information content (AvgIpc) is 3.02. The largest absolute Gasteiger partial charge is 0.497 e. The summed E-state index contributed by atoms with van der Waals surface area (Å²) in [6, 6.07) is 26.4. The fourth-order valence-corrected chi connectivity index (χ4v) is 4.87. The van der Waals surface area contributed by atoms with Crippen LogP contribution in [0.4, 0.5) is 15.8 Å². The first-order valence-corrected chi connectivity index (χ1v) is 14.1. The molecule has 43 heavy (non-hydrogen) atoms. The molecule has 0 spiro atoms.